The molecule has 0 unspecified atom stereocenters. The van der Waals surface area contributed by atoms with Crippen LogP contribution in [-0.4, -0.2) is 18.7 Å². The Morgan fingerprint density at radius 2 is 1.86 bits per heavy atom. The van der Waals surface area contributed by atoms with Crippen molar-refractivity contribution in [3.63, 3.8) is 0 Å². The summed E-state index contributed by atoms with van der Waals surface area (Å²) in [6.45, 7) is -0.156. The summed E-state index contributed by atoms with van der Waals surface area (Å²) in [6.07, 6.45) is 0. The number of imidazole rings is 1. The molecule has 0 atom stereocenters. The molecule has 0 saturated heterocycles. The second-order valence-electron chi connectivity index (χ2n) is 4.94. The van der Waals surface area contributed by atoms with Crippen LogP contribution in [0.5, 0.6) is 0 Å². The molecule has 0 aliphatic heterocycles. The van der Waals surface area contributed by atoms with Crippen LogP contribution in [0.2, 0.25) is 5.28 Å². The standard InChI is InChI=1S/C14H12ClFN4O2/c1-18-10-11(17-13(18)15)19(2)14(22)20(12(10)21)7-8-5-3-4-6-9(8)16/h3-6H,7H2,1-2H3. The molecule has 1 aromatic carbocycles. The quantitative estimate of drug-likeness (QED) is 0.668. The van der Waals surface area contributed by atoms with Gasteiger partial charge in [0.05, 0.1) is 6.54 Å². The number of benzene rings is 1. The summed E-state index contributed by atoms with van der Waals surface area (Å²) in [5.41, 5.74) is -0.469. The highest BCUT2D eigenvalue weighted by Gasteiger charge is 2.18. The van der Waals surface area contributed by atoms with E-state index < -0.39 is 17.1 Å². The molecule has 0 aliphatic carbocycles. The van der Waals surface area contributed by atoms with Crippen LogP contribution in [0.4, 0.5) is 4.39 Å². The maximum atomic E-state index is 13.8. The van der Waals surface area contributed by atoms with Crippen molar-refractivity contribution < 1.29 is 4.39 Å². The van der Waals surface area contributed by atoms with Crippen LogP contribution in [0.3, 0.4) is 0 Å². The van der Waals surface area contributed by atoms with Gasteiger partial charge in [-0.15, -0.1) is 0 Å². The van der Waals surface area contributed by atoms with E-state index in [1.165, 1.54) is 28.3 Å². The van der Waals surface area contributed by atoms with Gasteiger partial charge in [0.25, 0.3) is 5.56 Å². The fraction of sp³-hybridized carbons (Fsp3) is 0.214. The zero-order valence-electron chi connectivity index (χ0n) is 11.9. The van der Waals surface area contributed by atoms with Crippen molar-refractivity contribution in [2.75, 3.05) is 0 Å². The Balaban J connectivity index is 2.31. The second kappa shape index (κ2) is 5.10. The summed E-state index contributed by atoms with van der Waals surface area (Å²) in [7, 11) is 3.07. The molecule has 0 spiro atoms. The SMILES string of the molecule is Cn1c(Cl)nc2c1c(=O)n(Cc1ccccc1F)c(=O)n2C. The summed E-state index contributed by atoms with van der Waals surface area (Å²) < 4.78 is 17.4. The maximum absolute atomic E-state index is 13.8. The lowest BCUT2D eigenvalue weighted by molar-refractivity contribution is 0.582. The van der Waals surface area contributed by atoms with Gasteiger partial charge < -0.3 is 4.57 Å². The van der Waals surface area contributed by atoms with Crippen molar-refractivity contribution in [2.45, 2.75) is 6.54 Å². The molecule has 3 aromatic rings. The molecule has 2 aromatic heterocycles. The number of aryl methyl sites for hydroxylation is 2. The van der Waals surface area contributed by atoms with E-state index in [0.717, 1.165) is 4.57 Å². The Kier molecular flexibility index (Phi) is 3.37. The van der Waals surface area contributed by atoms with Gasteiger partial charge >= 0.3 is 5.69 Å². The van der Waals surface area contributed by atoms with E-state index >= 15 is 0 Å². The highest BCUT2D eigenvalue weighted by atomic mass is 35.5. The van der Waals surface area contributed by atoms with Gasteiger partial charge in [0.15, 0.2) is 11.2 Å². The van der Waals surface area contributed by atoms with E-state index in [1.54, 1.807) is 19.2 Å². The van der Waals surface area contributed by atoms with Crippen molar-refractivity contribution in [1.82, 2.24) is 18.7 Å². The van der Waals surface area contributed by atoms with Gasteiger partial charge in [-0.3, -0.25) is 13.9 Å². The first-order valence-electron chi connectivity index (χ1n) is 6.47. The first-order valence-corrected chi connectivity index (χ1v) is 6.84. The smallest absolute Gasteiger partial charge is 0.312 e. The Bertz CT molecular complexity index is 1000. The molecule has 114 valence electrons. The van der Waals surface area contributed by atoms with Gasteiger partial charge in [-0.05, 0) is 17.7 Å². The van der Waals surface area contributed by atoms with Crippen molar-refractivity contribution in [3.05, 3.63) is 61.8 Å². The lowest BCUT2D eigenvalue weighted by Crippen LogP contribution is -2.40. The minimum Gasteiger partial charge on any atom is -0.312 e. The molecular formula is C14H12ClFN4O2. The average molecular weight is 323 g/mol. The summed E-state index contributed by atoms with van der Waals surface area (Å²) in [4.78, 5) is 28.9. The lowest BCUT2D eigenvalue weighted by Gasteiger charge is -2.09. The minimum absolute atomic E-state index is 0.103. The fourth-order valence-corrected chi connectivity index (χ4v) is 2.52. The number of rotatable bonds is 2. The zero-order chi connectivity index (χ0) is 16.0. The van der Waals surface area contributed by atoms with E-state index in [2.05, 4.69) is 4.98 Å². The maximum Gasteiger partial charge on any atom is 0.332 e. The molecule has 0 fully saturated rings. The predicted molar refractivity (Wildman–Crippen MR) is 80.7 cm³/mol. The Morgan fingerprint density at radius 3 is 2.55 bits per heavy atom. The van der Waals surface area contributed by atoms with E-state index in [1.807, 2.05) is 0 Å². The molecule has 2 heterocycles. The number of aromatic nitrogens is 4. The van der Waals surface area contributed by atoms with E-state index in [4.69, 9.17) is 11.6 Å². The normalized spacial score (nSPS) is 11.3. The zero-order valence-corrected chi connectivity index (χ0v) is 12.6. The average Bonchev–Trinajstić information content (AvgIpc) is 2.79. The Morgan fingerprint density at radius 1 is 1.18 bits per heavy atom. The number of nitrogens with zero attached hydrogens (tertiary/aromatic N) is 4. The molecule has 6 nitrogen and oxygen atoms in total. The highest BCUT2D eigenvalue weighted by Crippen LogP contribution is 2.13. The molecule has 0 radical (unpaired) electrons. The molecule has 0 N–H and O–H groups in total. The van der Waals surface area contributed by atoms with E-state index in [9.17, 15) is 14.0 Å². The van der Waals surface area contributed by atoms with Gasteiger partial charge in [-0.1, -0.05) is 18.2 Å². The molecule has 3 rings (SSSR count). The molecule has 0 amide bonds. The largest absolute Gasteiger partial charge is 0.332 e. The van der Waals surface area contributed by atoms with Crippen molar-refractivity contribution in [3.8, 4) is 0 Å². The Hall–Kier alpha value is -2.41. The molecule has 0 bridgehead atoms. The van der Waals surface area contributed by atoms with Crippen LogP contribution in [0, 0.1) is 5.82 Å². The monoisotopic (exact) mass is 322 g/mol. The predicted octanol–water partition coefficient (Wildman–Crippen LogP) is 1.27. The first-order chi connectivity index (χ1) is 10.4. The van der Waals surface area contributed by atoms with E-state index in [0.29, 0.717) is 0 Å². The third-order valence-corrected chi connectivity index (χ3v) is 3.93. The summed E-state index contributed by atoms with van der Waals surface area (Å²) in [5.74, 6) is -0.473. The highest BCUT2D eigenvalue weighted by molar-refractivity contribution is 6.29. The number of hydrogen-bond donors (Lipinski definition) is 0. The van der Waals surface area contributed by atoms with Crippen LogP contribution in [-0.2, 0) is 20.6 Å². The van der Waals surface area contributed by atoms with Gasteiger partial charge in [0.1, 0.15) is 5.82 Å². The number of fused-ring (bicyclic) bond motifs is 1. The van der Waals surface area contributed by atoms with Crippen LogP contribution < -0.4 is 11.2 Å². The van der Waals surface area contributed by atoms with Crippen molar-refractivity contribution in [2.24, 2.45) is 14.1 Å². The molecule has 0 saturated carbocycles. The van der Waals surface area contributed by atoms with Crippen LogP contribution >= 0.6 is 11.6 Å². The van der Waals surface area contributed by atoms with Gasteiger partial charge in [-0.2, -0.15) is 4.98 Å². The summed E-state index contributed by atoms with van der Waals surface area (Å²) >= 11 is 5.91. The fourth-order valence-electron chi connectivity index (χ4n) is 2.35. The molecule has 0 aliphatic rings. The van der Waals surface area contributed by atoms with Crippen LogP contribution in [0.25, 0.3) is 11.2 Å². The third-order valence-electron chi connectivity index (χ3n) is 3.59. The molecule has 22 heavy (non-hydrogen) atoms. The lowest BCUT2D eigenvalue weighted by atomic mass is 10.2. The van der Waals surface area contributed by atoms with Crippen molar-refractivity contribution >= 4 is 22.8 Å². The van der Waals surface area contributed by atoms with Crippen LogP contribution in [0.15, 0.2) is 33.9 Å². The van der Waals surface area contributed by atoms with Crippen molar-refractivity contribution in [1.29, 1.82) is 0 Å². The van der Waals surface area contributed by atoms with Gasteiger partial charge in [0.2, 0.25) is 5.28 Å². The molecule has 8 heteroatoms. The van der Waals surface area contributed by atoms with Gasteiger partial charge in [0, 0.05) is 19.7 Å². The minimum atomic E-state index is -0.574. The van der Waals surface area contributed by atoms with Crippen LogP contribution in [0.1, 0.15) is 5.56 Å². The number of hydrogen-bond acceptors (Lipinski definition) is 3. The first kappa shape index (κ1) is 14.5. The molecular weight excluding hydrogens is 311 g/mol. The topological polar surface area (TPSA) is 61.8 Å². The number of halogens is 2. The van der Waals surface area contributed by atoms with E-state index in [-0.39, 0.29) is 28.6 Å². The Labute approximate surface area is 129 Å². The summed E-state index contributed by atoms with van der Waals surface area (Å²) in [6, 6.07) is 6.00. The van der Waals surface area contributed by atoms with Gasteiger partial charge in [-0.25, -0.2) is 9.18 Å². The second-order valence-corrected chi connectivity index (χ2v) is 5.27. The third kappa shape index (κ3) is 2.05. The summed E-state index contributed by atoms with van der Waals surface area (Å²) in [5, 5.41) is 0.103.